The molecule has 0 heterocycles. The molecule has 16 heavy (non-hydrogen) atoms. The first-order valence-corrected chi connectivity index (χ1v) is 5.14. The lowest BCUT2D eigenvalue weighted by Gasteiger charge is -2.06. The molecule has 0 saturated carbocycles. The second-order valence-electron chi connectivity index (χ2n) is 3.19. The van der Waals surface area contributed by atoms with Gasteiger partial charge in [0.2, 0.25) is 0 Å². The Morgan fingerprint density at radius 3 is 2.62 bits per heavy atom. The third kappa shape index (κ3) is 4.63. The Labute approximate surface area is 95.9 Å². The predicted octanol–water partition coefficient (Wildman–Crippen LogP) is 2.33. The van der Waals surface area contributed by atoms with Crippen LogP contribution in [0.1, 0.15) is 5.56 Å². The molecule has 1 aromatic rings. The van der Waals surface area contributed by atoms with Crippen molar-refractivity contribution in [3.8, 4) is 11.8 Å². The molecule has 0 aliphatic carbocycles. The molecule has 0 radical (unpaired) electrons. The molecule has 0 spiro atoms. The van der Waals surface area contributed by atoms with Crippen LogP contribution in [-0.2, 0) is 11.2 Å². The summed E-state index contributed by atoms with van der Waals surface area (Å²) in [5, 5.41) is 8.51. The fourth-order valence-corrected chi connectivity index (χ4v) is 1.18. The molecule has 0 N–H and O–H groups in total. The number of ether oxygens (including phenoxy) is 2. The van der Waals surface area contributed by atoms with Gasteiger partial charge in [0, 0.05) is 0 Å². The van der Waals surface area contributed by atoms with Crippen LogP contribution in [0.5, 0.6) is 5.75 Å². The largest absolute Gasteiger partial charge is 0.491 e. The zero-order valence-corrected chi connectivity index (χ0v) is 9.19. The molecule has 0 atom stereocenters. The number of hydrogen-bond donors (Lipinski definition) is 0. The number of nitrogens with zero attached hydrogens (tertiary/aromatic N) is 1. The lowest BCUT2D eigenvalue weighted by molar-refractivity contribution is 0.121. The van der Waals surface area contributed by atoms with Gasteiger partial charge in [-0.05, 0) is 17.7 Å². The molecule has 0 unspecified atom stereocenters. The van der Waals surface area contributed by atoms with Crippen LogP contribution < -0.4 is 4.74 Å². The summed E-state index contributed by atoms with van der Waals surface area (Å²) in [4.78, 5) is 0. The molecule has 84 valence electrons. The highest BCUT2D eigenvalue weighted by molar-refractivity contribution is 5.28. The number of hydrogen-bond acceptors (Lipinski definition) is 3. The zero-order valence-electron chi connectivity index (χ0n) is 9.19. The van der Waals surface area contributed by atoms with Gasteiger partial charge in [-0.3, -0.25) is 0 Å². The topological polar surface area (TPSA) is 42.2 Å². The van der Waals surface area contributed by atoms with Gasteiger partial charge in [0.15, 0.2) is 0 Å². The highest BCUT2D eigenvalue weighted by Gasteiger charge is 1.95. The van der Waals surface area contributed by atoms with E-state index in [2.05, 4.69) is 12.6 Å². The third-order valence-electron chi connectivity index (χ3n) is 1.94. The smallest absolute Gasteiger partial charge is 0.119 e. The first-order chi connectivity index (χ1) is 7.86. The predicted molar refractivity (Wildman–Crippen MR) is 62.3 cm³/mol. The first kappa shape index (κ1) is 12.3. The van der Waals surface area contributed by atoms with Crippen LogP contribution in [0.15, 0.2) is 36.9 Å². The second-order valence-corrected chi connectivity index (χ2v) is 3.19. The van der Waals surface area contributed by atoms with E-state index in [1.54, 1.807) is 6.08 Å². The summed E-state index contributed by atoms with van der Waals surface area (Å²) in [5.41, 5.74) is 0.998. The van der Waals surface area contributed by atoms with Gasteiger partial charge in [0.25, 0.3) is 0 Å². The molecular formula is C13H15NO2. The van der Waals surface area contributed by atoms with Crippen molar-refractivity contribution in [2.24, 2.45) is 0 Å². The van der Waals surface area contributed by atoms with Crippen molar-refractivity contribution in [2.75, 3.05) is 19.8 Å². The molecule has 3 nitrogen and oxygen atoms in total. The van der Waals surface area contributed by atoms with Gasteiger partial charge in [-0.25, -0.2) is 0 Å². The Morgan fingerprint density at radius 2 is 2.00 bits per heavy atom. The quantitative estimate of drug-likeness (QED) is 0.520. The van der Waals surface area contributed by atoms with E-state index in [9.17, 15) is 0 Å². The fourth-order valence-electron chi connectivity index (χ4n) is 1.18. The van der Waals surface area contributed by atoms with Crippen LogP contribution in [0.3, 0.4) is 0 Å². The van der Waals surface area contributed by atoms with Crippen molar-refractivity contribution in [1.29, 1.82) is 5.26 Å². The van der Waals surface area contributed by atoms with Gasteiger partial charge >= 0.3 is 0 Å². The zero-order chi connectivity index (χ0) is 11.6. The van der Waals surface area contributed by atoms with Crippen molar-refractivity contribution in [2.45, 2.75) is 6.42 Å². The highest BCUT2D eigenvalue weighted by atomic mass is 16.5. The van der Waals surface area contributed by atoms with Crippen molar-refractivity contribution < 1.29 is 9.47 Å². The minimum absolute atomic E-state index is 0.433. The van der Waals surface area contributed by atoms with E-state index in [0.717, 1.165) is 11.3 Å². The van der Waals surface area contributed by atoms with Gasteiger partial charge < -0.3 is 9.47 Å². The third-order valence-corrected chi connectivity index (χ3v) is 1.94. The van der Waals surface area contributed by atoms with E-state index in [0.29, 0.717) is 26.2 Å². The van der Waals surface area contributed by atoms with E-state index in [1.165, 1.54) is 0 Å². The Bertz CT molecular complexity index is 351. The maximum Gasteiger partial charge on any atom is 0.119 e. The molecule has 0 amide bonds. The van der Waals surface area contributed by atoms with E-state index < -0.39 is 0 Å². The van der Waals surface area contributed by atoms with E-state index in [-0.39, 0.29) is 0 Å². The monoisotopic (exact) mass is 217 g/mol. The molecule has 3 heteroatoms. The Morgan fingerprint density at radius 1 is 1.25 bits per heavy atom. The Kier molecular flexibility index (Phi) is 5.75. The van der Waals surface area contributed by atoms with Crippen molar-refractivity contribution in [3.05, 3.63) is 42.5 Å². The highest BCUT2D eigenvalue weighted by Crippen LogP contribution is 2.12. The Hall–Kier alpha value is -1.79. The molecule has 1 aromatic carbocycles. The minimum atomic E-state index is 0.433. The summed E-state index contributed by atoms with van der Waals surface area (Å²) in [6.07, 6.45) is 2.14. The summed E-state index contributed by atoms with van der Waals surface area (Å²) < 4.78 is 10.6. The summed E-state index contributed by atoms with van der Waals surface area (Å²) in [6, 6.07) is 9.61. The normalized spacial score (nSPS) is 9.44. The minimum Gasteiger partial charge on any atom is -0.491 e. The van der Waals surface area contributed by atoms with E-state index >= 15 is 0 Å². The van der Waals surface area contributed by atoms with Crippen LogP contribution in [0, 0.1) is 11.3 Å². The van der Waals surface area contributed by atoms with E-state index in [1.807, 2.05) is 24.3 Å². The SMILES string of the molecule is C=CCOCCOc1ccc(CC#N)cc1. The molecule has 0 aromatic heterocycles. The lowest BCUT2D eigenvalue weighted by Crippen LogP contribution is -2.06. The summed E-state index contributed by atoms with van der Waals surface area (Å²) in [5.74, 6) is 0.795. The molecule has 0 aliphatic rings. The fraction of sp³-hybridized carbons (Fsp3) is 0.308. The van der Waals surface area contributed by atoms with Crippen molar-refractivity contribution >= 4 is 0 Å². The summed E-state index contributed by atoms with van der Waals surface area (Å²) in [6.45, 7) is 5.16. The Balaban J connectivity index is 2.27. The first-order valence-electron chi connectivity index (χ1n) is 5.14. The average molecular weight is 217 g/mol. The molecular weight excluding hydrogens is 202 g/mol. The molecule has 0 aliphatic heterocycles. The van der Waals surface area contributed by atoms with Crippen LogP contribution in [0.25, 0.3) is 0 Å². The standard InChI is InChI=1S/C13H15NO2/c1-2-9-15-10-11-16-13-5-3-12(4-6-13)7-8-14/h2-6H,1,7,9-11H2. The lowest BCUT2D eigenvalue weighted by atomic mass is 10.2. The van der Waals surface area contributed by atoms with Crippen LogP contribution in [-0.4, -0.2) is 19.8 Å². The summed E-state index contributed by atoms with van der Waals surface area (Å²) >= 11 is 0. The van der Waals surface area contributed by atoms with Gasteiger partial charge in [0.1, 0.15) is 12.4 Å². The molecule has 1 rings (SSSR count). The van der Waals surface area contributed by atoms with Crippen LogP contribution in [0.2, 0.25) is 0 Å². The van der Waals surface area contributed by atoms with Crippen molar-refractivity contribution in [1.82, 2.24) is 0 Å². The average Bonchev–Trinajstić information content (AvgIpc) is 2.31. The summed E-state index contributed by atoms with van der Waals surface area (Å²) in [7, 11) is 0. The van der Waals surface area contributed by atoms with Gasteiger partial charge in [-0.15, -0.1) is 6.58 Å². The molecule has 0 saturated heterocycles. The van der Waals surface area contributed by atoms with Crippen molar-refractivity contribution in [3.63, 3.8) is 0 Å². The van der Waals surface area contributed by atoms with Crippen LogP contribution in [0.4, 0.5) is 0 Å². The number of nitriles is 1. The maximum absolute atomic E-state index is 8.51. The molecule has 0 bridgehead atoms. The van der Waals surface area contributed by atoms with E-state index in [4.69, 9.17) is 14.7 Å². The number of benzene rings is 1. The second kappa shape index (κ2) is 7.49. The maximum atomic E-state index is 8.51. The van der Waals surface area contributed by atoms with Crippen LogP contribution >= 0.6 is 0 Å². The van der Waals surface area contributed by atoms with Gasteiger partial charge in [0.05, 0.1) is 25.7 Å². The van der Waals surface area contributed by atoms with Gasteiger partial charge in [-0.2, -0.15) is 5.26 Å². The molecule has 0 fully saturated rings. The van der Waals surface area contributed by atoms with Gasteiger partial charge in [-0.1, -0.05) is 18.2 Å². The number of rotatable bonds is 7.